The molecule has 15 heavy (non-hydrogen) atoms. The molecule has 0 aliphatic heterocycles. The van der Waals surface area contributed by atoms with Gasteiger partial charge in [-0.2, -0.15) is 5.26 Å². The molecule has 4 nitrogen and oxygen atoms in total. The lowest BCUT2D eigenvalue weighted by molar-refractivity contribution is 0.0343. The molecule has 0 amide bonds. The second-order valence-electron chi connectivity index (χ2n) is 3.12. The zero-order valence-corrected chi connectivity index (χ0v) is 9.48. The highest BCUT2D eigenvalue weighted by atomic mass is 79.9. The predicted molar refractivity (Wildman–Crippen MR) is 60.3 cm³/mol. The summed E-state index contributed by atoms with van der Waals surface area (Å²) in [6.45, 7) is 0. The number of hydrogen-bond donors (Lipinski definition) is 3. The Morgan fingerprint density at radius 2 is 2.13 bits per heavy atom. The van der Waals surface area contributed by atoms with E-state index in [0.717, 1.165) is 0 Å². The Kier molecular flexibility index (Phi) is 4.09. The van der Waals surface area contributed by atoms with Gasteiger partial charge in [0, 0.05) is 11.0 Å². The number of nitrogens with zero attached hydrogens (tertiary/aromatic N) is 1. The lowest BCUT2D eigenvalue weighted by atomic mass is 10.0. The van der Waals surface area contributed by atoms with Crippen molar-refractivity contribution in [3.05, 3.63) is 29.3 Å². The molecule has 0 heterocycles. The van der Waals surface area contributed by atoms with Gasteiger partial charge in [-0.1, -0.05) is 22.0 Å². The standard InChI is InChI=1S/C10H11BrN2O2/c11-4-9(14)10(15)6-1-2-8(13)7(3-6)5-12/h1-3,9-10,14-15H,4,13H2. The maximum absolute atomic E-state index is 9.67. The summed E-state index contributed by atoms with van der Waals surface area (Å²) in [7, 11) is 0. The molecular formula is C10H11BrN2O2. The molecule has 0 saturated carbocycles. The Labute approximate surface area is 96.1 Å². The van der Waals surface area contributed by atoms with Crippen LogP contribution in [-0.2, 0) is 0 Å². The fraction of sp³-hybridized carbons (Fsp3) is 0.300. The second-order valence-corrected chi connectivity index (χ2v) is 3.77. The van der Waals surface area contributed by atoms with E-state index in [1.54, 1.807) is 6.07 Å². The highest BCUT2D eigenvalue weighted by Crippen LogP contribution is 2.22. The molecule has 5 heteroatoms. The predicted octanol–water partition coefficient (Wildman–Crippen LogP) is 0.930. The summed E-state index contributed by atoms with van der Waals surface area (Å²) in [5, 5.41) is 28.1. The number of nitriles is 1. The molecule has 1 rings (SSSR count). The Bertz CT molecular complexity index is 389. The van der Waals surface area contributed by atoms with Gasteiger partial charge in [-0.25, -0.2) is 0 Å². The van der Waals surface area contributed by atoms with E-state index in [9.17, 15) is 10.2 Å². The number of alkyl halides is 1. The number of halogens is 1. The summed E-state index contributed by atoms with van der Waals surface area (Å²) in [6, 6.07) is 6.53. The minimum Gasteiger partial charge on any atom is -0.398 e. The molecule has 2 unspecified atom stereocenters. The van der Waals surface area contributed by atoms with Crippen molar-refractivity contribution in [1.29, 1.82) is 5.26 Å². The number of nitrogens with two attached hydrogens (primary N) is 1. The lowest BCUT2D eigenvalue weighted by Gasteiger charge is -2.16. The Hall–Kier alpha value is -1.09. The van der Waals surface area contributed by atoms with Crippen LogP contribution >= 0.6 is 15.9 Å². The number of hydrogen-bond acceptors (Lipinski definition) is 4. The third kappa shape index (κ3) is 2.69. The van der Waals surface area contributed by atoms with Gasteiger partial charge in [0.25, 0.3) is 0 Å². The highest BCUT2D eigenvalue weighted by molar-refractivity contribution is 9.09. The zero-order valence-electron chi connectivity index (χ0n) is 7.89. The van der Waals surface area contributed by atoms with E-state index in [1.165, 1.54) is 12.1 Å². The largest absolute Gasteiger partial charge is 0.398 e. The third-order valence-electron chi connectivity index (χ3n) is 2.06. The van der Waals surface area contributed by atoms with Crippen molar-refractivity contribution in [3.63, 3.8) is 0 Å². The summed E-state index contributed by atoms with van der Waals surface area (Å²) in [5.41, 5.74) is 6.67. The normalized spacial score (nSPS) is 14.3. The van der Waals surface area contributed by atoms with Gasteiger partial charge in [0.15, 0.2) is 0 Å². The first-order valence-electron chi connectivity index (χ1n) is 4.31. The van der Waals surface area contributed by atoms with Gasteiger partial charge in [-0.3, -0.25) is 0 Å². The highest BCUT2D eigenvalue weighted by Gasteiger charge is 2.17. The first-order valence-corrected chi connectivity index (χ1v) is 5.44. The van der Waals surface area contributed by atoms with E-state index >= 15 is 0 Å². The van der Waals surface area contributed by atoms with Crippen LogP contribution in [0.2, 0.25) is 0 Å². The van der Waals surface area contributed by atoms with Crippen molar-refractivity contribution < 1.29 is 10.2 Å². The maximum Gasteiger partial charge on any atom is 0.106 e. The molecule has 80 valence electrons. The minimum atomic E-state index is -1.02. The molecular weight excluding hydrogens is 260 g/mol. The molecule has 1 aromatic carbocycles. The number of anilines is 1. The van der Waals surface area contributed by atoms with Crippen LogP contribution < -0.4 is 5.73 Å². The molecule has 1 aromatic rings. The average Bonchev–Trinajstić information content (AvgIpc) is 2.27. The molecule has 2 atom stereocenters. The Morgan fingerprint density at radius 1 is 1.47 bits per heavy atom. The van der Waals surface area contributed by atoms with E-state index in [0.29, 0.717) is 16.8 Å². The topological polar surface area (TPSA) is 90.3 Å². The van der Waals surface area contributed by atoms with E-state index in [-0.39, 0.29) is 5.33 Å². The van der Waals surface area contributed by atoms with E-state index in [4.69, 9.17) is 11.0 Å². The fourth-order valence-corrected chi connectivity index (χ4v) is 1.52. The van der Waals surface area contributed by atoms with Crippen molar-refractivity contribution in [1.82, 2.24) is 0 Å². The van der Waals surface area contributed by atoms with Gasteiger partial charge in [0.05, 0.1) is 11.7 Å². The van der Waals surface area contributed by atoms with Crippen LogP contribution in [0.25, 0.3) is 0 Å². The number of nitrogen functional groups attached to an aromatic ring is 1. The van der Waals surface area contributed by atoms with Crippen molar-refractivity contribution in [2.24, 2.45) is 0 Å². The fourth-order valence-electron chi connectivity index (χ4n) is 1.16. The summed E-state index contributed by atoms with van der Waals surface area (Å²) in [6.07, 6.45) is -1.92. The average molecular weight is 271 g/mol. The van der Waals surface area contributed by atoms with Gasteiger partial charge in [-0.15, -0.1) is 0 Å². The molecule has 0 saturated heterocycles. The molecule has 4 N–H and O–H groups in total. The SMILES string of the molecule is N#Cc1cc(C(O)C(O)CBr)ccc1N. The number of rotatable bonds is 3. The van der Waals surface area contributed by atoms with Crippen LogP contribution in [0.1, 0.15) is 17.2 Å². The summed E-state index contributed by atoms with van der Waals surface area (Å²) >= 11 is 3.06. The van der Waals surface area contributed by atoms with Crippen LogP contribution in [0.5, 0.6) is 0 Å². The smallest absolute Gasteiger partial charge is 0.106 e. The molecule has 0 bridgehead atoms. The molecule has 0 spiro atoms. The Morgan fingerprint density at radius 3 is 2.67 bits per heavy atom. The summed E-state index contributed by atoms with van der Waals surface area (Å²) in [5.74, 6) is 0. The van der Waals surface area contributed by atoms with Crippen LogP contribution in [0.4, 0.5) is 5.69 Å². The van der Waals surface area contributed by atoms with E-state index in [2.05, 4.69) is 15.9 Å². The maximum atomic E-state index is 9.67. The van der Waals surface area contributed by atoms with Crippen LogP contribution in [0.3, 0.4) is 0 Å². The first-order chi connectivity index (χ1) is 7.10. The van der Waals surface area contributed by atoms with Crippen molar-refractivity contribution in [2.75, 3.05) is 11.1 Å². The van der Waals surface area contributed by atoms with Gasteiger partial charge in [0.2, 0.25) is 0 Å². The van der Waals surface area contributed by atoms with Gasteiger partial charge < -0.3 is 15.9 Å². The molecule has 0 radical (unpaired) electrons. The second kappa shape index (κ2) is 5.12. The van der Waals surface area contributed by atoms with Crippen LogP contribution in [0, 0.1) is 11.3 Å². The number of aliphatic hydroxyl groups is 2. The van der Waals surface area contributed by atoms with Crippen LogP contribution in [-0.4, -0.2) is 21.6 Å². The Balaban J connectivity index is 3.02. The summed E-state index contributed by atoms with van der Waals surface area (Å²) < 4.78 is 0. The minimum absolute atomic E-state index is 0.264. The summed E-state index contributed by atoms with van der Waals surface area (Å²) in [4.78, 5) is 0. The van der Waals surface area contributed by atoms with E-state index < -0.39 is 12.2 Å². The van der Waals surface area contributed by atoms with Crippen molar-refractivity contribution in [3.8, 4) is 6.07 Å². The molecule has 0 aromatic heterocycles. The third-order valence-corrected chi connectivity index (χ3v) is 2.73. The zero-order chi connectivity index (χ0) is 11.4. The number of benzene rings is 1. The molecule has 0 aliphatic carbocycles. The van der Waals surface area contributed by atoms with Crippen molar-refractivity contribution >= 4 is 21.6 Å². The quantitative estimate of drug-likeness (QED) is 0.563. The van der Waals surface area contributed by atoms with Gasteiger partial charge in [0.1, 0.15) is 12.2 Å². The monoisotopic (exact) mass is 270 g/mol. The number of aliphatic hydroxyl groups excluding tert-OH is 2. The molecule has 0 fully saturated rings. The molecule has 0 aliphatic rings. The first kappa shape index (κ1) is 12.0. The lowest BCUT2D eigenvalue weighted by Crippen LogP contribution is -2.19. The van der Waals surface area contributed by atoms with E-state index in [1.807, 2.05) is 6.07 Å². The van der Waals surface area contributed by atoms with Crippen LogP contribution in [0.15, 0.2) is 18.2 Å². The van der Waals surface area contributed by atoms with Gasteiger partial charge >= 0.3 is 0 Å². The van der Waals surface area contributed by atoms with Gasteiger partial charge in [-0.05, 0) is 17.7 Å². The van der Waals surface area contributed by atoms with Crippen molar-refractivity contribution in [2.45, 2.75) is 12.2 Å².